The third-order valence-electron chi connectivity index (χ3n) is 5.62. The highest BCUT2D eigenvalue weighted by atomic mass is 127. The van der Waals surface area contributed by atoms with Crippen molar-refractivity contribution in [2.24, 2.45) is 4.99 Å². The molecule has 0 spiro atoms. The normalized spacial score (nSPS) is 20.7. The van der Waals surface area contributed by atoms with E-state index >= 15 is 0 Å². The summed E-state index contributed by atoms with van der Waals surface area (Å²) in [6.45, 7) is 9.31. The summed E-state index contributed by atoms with van der Waals surface area (Å²) in [5.41, 5.74) is 1.36. The van der Waals surface area contributed by atoms with Gasteiger partial charge in [-0.3, -0.25) is 9.89 Å². The number of ether oxygens (including phenoxy) is 2. The summed E-state index contributed by atoms with van der Waals surface area (Å²) in [6.07, 6.45) is 6.15. The topological polar surface area (TPSA) is 58.1 Å². The van der Waals surface area contributed by atoms with Gasteiger partial charge in [0.05, 0.1) is 25.3 Å². The number of nitrogens with one attached hydrogen (secondary N) is 2. The third-order valence-corrected chi connectivity index (χ3v) is 5.62. The Bertz CT molecular complexity index is 590. The van der Waals surface area contributed by atoms with Gasteiger partial charge in [0, 0.05) is 26.3 Å². The Morgan fingerprint density at radius 3 is 2.70 bits per heavy atom. The summed E-state index contributed by atoms with van der Waals surface area (Å²) in [4.78, 5) is 7.48. The second-order valence-corrected chi connectivity index (χ2v) is 7.88. The second kappa shape index (κ2) is 15.0. The monoisotopic (exact) mass is 530 g/mol. The molecule has 1 aromatic rings. The molecule has 2 saturated heterocycles. The van der Waals surface area contributed by atoms with Crippen LogP contribution >= 0.6 is 24.0 Å². The average molecular weight is 530 g/mol. The van der Waals surface area contributed by atoms with E-state index < -0.39 is 0 Å². The first kappa shape index (κ1) is 25.4. The van der Waals surface area contributed by atoms with E-state index in [1.54, 1.807) is 0 Å². The lowest BCUT2D eigenvalue weighted by atomic mass is 10.1. The fourth-order valence-electron chi connectivity index (χ4n) is 4.05. The average Bonchev–Trinajstić information content (AvgIpc) is 3.46. The highest BCUT2D eigenvalue weighted by Crippen LogP contribution is 2.25. The van der Waals surface area contributed by atoms with Gasteiger partial charge in [-0.05, 0) is 57.7 Å². The summed E-state index contributed by atoms with van der Waals surface area (Å²) in [7, 11) is 0. The summed E-state index contributed by atoms with van der Waals surface area (Å²) >= 11 is 0. The molecule has 3 rings (SSSR count). The molecule has 170 valence electrons. The van der Waals surface area contributed by atoms with E-state index in [0.29, 0.717) is 12.1 Å². The van der Waals surface area contributed by atoms with Crippen molar-refractivity contribution in [2.75, 3.05) is 52.5 Å². The van der Waals surface area contributed by atoms with Crippen LogP contribution in [0.3, 0.4) is 0 Å². The molecule has 2 aliphatic rings. The van der Waals surface area contributed by atoms with Gasteiger partial charge in [-0.25, -0.2) is 0 Å². The van der Waals surface area contributed by atoms with Crippen LogP contribution in [0.15, 0.2) is 35.3 Å². The fraction of sp³-hybridized carbons (Fsp3) is 0.696. The van der Waals surface area contributed by atoms with Gasteiger partial charge in [0.15, 0.2) is 5.96 Å². The molecule has 7 heteroatoms. The summed E-state index contributed by atoms with van der Waals surface area (Å²) in [5.74, 6) is 0.895. The van der Waals surface area contributed by atoms with Gasteiger partial charge in [-0.2, -0.15) is 0 Å². The van der Waals surface area contributed by atoms with E-state index in [-0.39, 0.29) is 24.0 Å². The SMILES string of the molecule is CCNC(=NCC(c1ccccc1)N1CCCC1)NCCCOCC1CCCO1.I. The smallest absolute Gasteiger partial charge is 0.191 e. The molecule has 0 amide bonds. The Hall–Kier alpha value is -0.900. The van der Waals surface area contributed by atoms with Crippen molar-refractivity contribution >= 4 is 29.9 Å². The molecular formula is C23H39IN4O2. The molecule has 2 atom stereocenters. The molecule has 2 fully saturated rings. The summed E-state index contributed by atoms with van der Waals surface area (Å²) < 4.78 is 11.3. The number of nitrogens with zero attached hydrogens (tertiary/aromatic N) is 2. The lowest BCUT2D eigenvalue weighted by Crippen LogP contribution is -2.39. The minimum atomic E-state index is 0. The predicted molar refractivity (Wildman–Crippen MR) is 134 cm³/mol. The van der Waals surface area contributed by atoms with Gasteiger partial charge >= 0.3 is 0 Å². The lowest BCUT2D eigenvalue weighted by molar-refractivity contribution is 0.0168. The van der Waals surface area contributed by atoms with Gasteiger partial charge in [0.1, 0.15) is 0 Å². The zero-order valence-corrected chi connectivity index (χ0v) is 20.7. The zero-order valence-electron chi connectivity index (χ0n) is 18.4. The number of likely N-dealkylation sites (tertiary alicyclic amines) is 1. The lowest BCUT2D eigenvalue weighted by Gasteiger charge is -2.27. The van der Waals surface area contributed by atoms with Crippen molar-refractivity contribution < 1.29 is 9.47 Å². The number of hydrogen-bond donors (Lipinski definition) is 2. The van der Waals surface area contributed by atoms with Crippen molar-refractivity contribution in [1.29, 1.82) is 0 Å². The minimum absolute atomic E-state index is 0. The highest BCUT2D eigenvalue weighted by Gasteiger charge is 2.23. The summed E-state index contributed by atoms with van der Waals surface area (Å²) in [6, 6.07) is 11.1. The van der Waals surface area contributed by atoms with Crippen LogP contribution in [-0.2, 0) is 9.47 Å². The summed E-state index contributed by atoms with van der Waals surface area (Å²) in [5, 5.41) is 6.83. The van der Waals surface area contributed by atoms with E-state index in [2.05, 4.69) is 52.8 Å². The maximum atomic E-state index is 5.75. The third kappa shape index (κ3) is 8.69. The van der Waals surface area contributed by atoms with Gasteiger partial charge in [-0.15, -0.1) is 24.0 Å². The molecule has 0 radical (unpaired) electrons. The van der Waals surface area contributed by atoms with Crippen LogP contribution < -0.4 is 10.6 Å². The Balaban J connectivity index is 0.00000320. The number of benzene rings is 1. The molecule has 0 aromatic heterocycles. The number of halogens is 1. The standard InChI is InChI=1S/C23H38N4O2.HI/c1-2-24-23(25-13-9-16-28-19-21-12-8-17-29-21)26-18-22(27-14-6-7-15-27)20-10-4-3-5-11-20;/h3-5,10-11,21-22H,2,6-9,12-19H2,1H3,(H2,24,25,26);1H. The van der Waals surface area contributed by atoms with Gasteiger partial charge in [-0.1, -0.05) is 30.3 Å². The molecule has 1 aromatic carbocycles. The van der Waals surface area contributed by atoms with Crippen LogP contribution in [0.25, 0.3) is 0 Å². The quantitative estimate of drug-likeness (QED) is 0.198. The van der Waals surface area contributed by atoms with Gasteiger partial charge in [0.2, 0.25) is 0 Å². The maximum Gasteiger partial charge on any atom is 0.191 e. The Morgan fingerprint density at radius 1 is 1.20 bits per heavy atom. The number of rotatable bonds is 11. The Labute approximate surface area is 199 Å². The zero-order chi connectivity index (χ0) is 20.2. The van der Waals surface area contributed by atoms with Gasteiger partial charge < -0.3 is 20.1 Å². The molecule has 0 bridgehead atoms. The van der Waals surface area contributed by atoms with Crippen LogP contribution in [0.1, 0.15) is 50.6 Å². The van der Waals surface area contributed by atoms with Crippen LogP contribution in [0.2, 0.25) is 0 Å². The molecule has 2 N–H and O–H groups in total. The van der Waals surface area contributed by atoms with Crippen molar-refractivity contribution in [3.63, 3.8) is 0 Å². The number of hydrogen-bond acceptors (Lipinski definition) is 4. The first-order valence-electron chi connectivity index (χ1n) is 11.4. The molecule has 0 aliphatic carbocycles. The molecule has 30 heavy (non-hydrogen) atoms. The molecular weight excluding hydrogens is 491 g/mol. The van der Waals surface area contributed by atoms with Crippen LogP contribution in [0.5, 0.6) is 0 Å². The first-order valence-corrected chi connectivity index (χ1v) is 11.4. The van der Waals surface area contributed by atoms with E-state index in [0.717, 1.165) is 58.3 Å². The number of guanidine groups is 1. The predicted octanol–water partition coefficient (Wildman–Crippen LogP) is 3.58. The first-order chi connectivity index (χ1) is 14.4. The van der Waals surface area contributed by atoms with Crippen molar-refractivity contribution in [1.82, 2.24) is 15.5 Å². The van der Waals surface area contributed by atoms with E-state index in [1.807, 2.05) is 0 Å². The second-order valence-electron chi connectivity index (χ2n) is 7.88. The van der Waals surface area contributed by atoms with Gasteiger partial charge in [0.25, 0.3) is 0 Å². The minimum Gasteiger partial charge on any atom is -0.379 e. The Kier molecular flexibility index (Phi) is 12.7. The fourth-order valence-corrected chi connectivity index (χ4v) is 4.05. The number of aliphatic imine (C=N–C) groups is 1. The van der Waals surface area contributed by atoms with Crippen LogP contribution in [0.4, 0.5) is 0 Å². The van der Waals surface area contributed by atoms with Crippen molar-refractivity contribution in [2.45, 2.75) is 51.2 Å². The Morgan fingerprint density at radius 2 is 2.00 bits per heavy atom. The molecule has 2 aliphatic heterocycles. The highest BCUT2D eigenvalue weighted by molar-refractivity contribution is 14.0. The van der Waals surface area contributed by atoms with E-state index in [9.17, 15) is 0 Å². The maximum absolute atomic E-state index is 5.75. The molecule has 2 heterocycles. The largest absolute Gasteiger partial charge is 0.379 e. The molecule has 2 unspecified atom stereocenters. The van der Waals surface area contributed by atoms with E-state index in [1.165, 1.54) is 37.9 Å². The van der Waals surface area contributed by atoms with Crippen molar-refractivity contribution in [3.05, 3.63) is 35.9 Å². The van der Waals surface area contributed by atoms with Crippen molar-refractivity contribution in [3.8, 4) is 0 Å². The van der Waals surface area contributed by atoms with Crippen LogP contribution in [0, 0.1) is 0 Å². The van der Waals surface area contributed by atoms with Crippen LogP contribution in [-0.4, -0.2) is 69.5 Å². The molecule has 6 nitrogen and oxygen atoms in total. The van der Waals surface area contributed by atoms with E-state index in [4.69, 9.17) is 14.5 Å². The molecule has 0 saturated carbocycles.